The van der Waals surface area contributed by atoms with E-state index in [2.05, 4.69) is 5.32 Å². The van der Waals surface area contributed by atoms with Gasteiger partial charge in [-0.05, 0) is 55.2 Å². The third-order valence-electron chi connectivity index (χ3n) is 4.77. The molecular formula is C22H23NO5. The number of carbonyl (C=O) groups is 1. The van der Waals surface area contributed by atoms with Gasteiger partial charge in [0.15, 0.2) is 0 Å². The lowest BCUT2D eigenvalue weighted by molar-refractivity contribution is -0.121. The Hall–Kier alpha value is -3.28. The molecule has 3 aromatic rings. The topological polar surface area (TPSA) is 88.8 Å². The molecule has 0 saturated heterocycles. The third-order valence-corrected chi connectivity index (χ3v) is 4.77. The summed E-state index contributed by atoms with van der Waals surface area (Å²) in [4.78, 5) is 24.4. The molecule has 146 valence electrons. The van der Waals surface area contributed by atoms with Gasteiger partial charge in [-0.25, -0.2) is 4.79 Å². The first-order valence-corrected chi connectivity index (χ1v) is 9.13. The van der Waals surface area contributed by atoms with E-state index in [0.717, 1.165) is 28.7 Å². The van der Waals surface area contributed by atoms with Crippen molar-refractivity contribution < 1.29 is 19.1 Å². The fourth-order valence-corrected chi connectivity index (χ4v) is 3.14. The predicted octanol–water partition coefficient (Wildman–Crippen LogP) is 3.11. The summed E-state index contributed by atoms with van der Waals surface area (Å²) in [6.07, 6.45) is 1.23. The Morgan fingerprint density at radius 2 is 1.89 bits per heavy atom. The van der Waals surface area contributed by atoms with Crippen molar-refractivity contribution in [2.45, 2.75) is 26.2 Å². The zero-order valence-electron chi connectivity index (χ0n) is 16.0. The lowest BCUT2D eigenvalue weighted by Crippen LogP contribution is -2.26. The van der Waals surface area contributed by atoms with Crippen molar-refractivity contribution >= 4 is 16.9 Å². The molecule has 0 aliphatic heterocycles. The Morgan fingerprint density at radius 1 is 1.14 bits per heavy atom. The third kappa shape index (κ3) is 4.52. The van der Waals surface area contributed by atoms with Crippen molar-refractivity contribution in [1.82, 2.24) is 5.32 Å². The van der Waals surface area contributed by atoms with Crippen LogP contribution in [0.15, 0.2) is 51.7 Å². The minimum absolute atomic E-state index is 0.0408. The van der Waals surface area contributed by atoms with Crippen LogP contribution in [0.2, 0.25) is 0 Å². The van der Waals surface area contributed by atoms with E-state index in [4.69, 9.17) is 9.15 Å². The predicted molar refractivity (Wildman–Crippen MR) is 107 cm³/mol. The number of aromatic hydroxyl groups is 1. The van der Waals surface area contributed by atoms with Gasteiger partial charge in [-0.3, -0.25) is 4.79 Å². The minimum atomic E-state index is -0.471. The van der Waals surface area contributed by atoms with Crippen molar-refractivity contribution in [1.29, 1.82) is 0 Å². The second-order valence-electron chi connectivity index (χ2n) is 6.62. The highest BCUT2D eigenvalue weighted by molar-refractivity contribution is 5.82. The van der Waals surface area contributed by atoms with Crippen molar-refractivity contribution in [3.8, 4) is 11.5 Å². The summed E-state index contributed by atoms with van der Waals surface area (Å²) in [7, 11) is 1.62. The van der Waals surface area contributed by atoms with E-state index >= 15 is 0 Å². The highest BCUT2D eigenvalue weighted by Crippen LogP contribution is 2.23. The fourth-order valence-electron chi connectivity index (χ4n) is 3.14. The van der Waals surface area contributed by atoms with Gasteiger partial charge in [0, 0.05) is 30.0 Å². The highest BCUT2D eigenvalue weighted by Gasteiger charge is 2.13. The van der Waals surface area contributed by atoms with Crippen LogP contribution in [0, 0.1) is 6.92 Å². The number of hydrogen-bond donors (Lipinski definition) is 2. The maximum atomic E-state index is 12.2. The SMILES string of the molecule is COc1ccc(CCNC(=O)CCc2c(C)c3ccc(O)cc3oc2=O)cc1. The lowest BCUT2D eigenvalue weighted by atomic mass is 10.0. The van der Waals surface area contributed by atoms with E-state index in [9.17, 15) is 14.7 Å². The minimum Gasteiger partial charge on any atom is -0.508 e. The average molecular weight is 381 g/mol. The normalized spacial score (nSPS) is 10.8. The molecule has 0 aliphatic rings. The summed E-state index contributed by atoms with van der Waals surface area (Å²) in [5.74, 6) is 0.727. The van der Waals surface area contributed by atoms with Gasteiger partial charge in [0.25, 0.3) is 0 Å². The van der Waals surface area contributed by atoms with Crippen molar-refractivity contribution in [2.24, 2.45) is 0 Å². The van der Waals surface area contributed by atoms with Crippen LogP contribution < -0.4 is 15.7 Å². The van der Waals surface area contributed by atoms with Crippen LogP contribution in [0.4, 0.5) is 0 Å². The van der Waals surface area contributed by atoms with Gasteiger partial charge in [0.05, 0.1) is 7.11 Å². The molecule has 6 nitrogen and oxygen atoms in total. The average Bonchev–Trinajstić information content (AvgIpc) is 2.68. The van der Waals surface area contributed by atoms with E-state index in [1.807, 2.05) is 31.2 Å². The summed E-state index contributed by atoms with van der Waals surface area (Å²) in [5.41, 5.74) is 2.24. The number of amides is 1. The van der Waals surface area contributed by atoms with Crippen molar-refractivity contribution in [3.63, 3.8) is 0 Å². The molecule has 1 amide bonds. The second kappa shape index (κ2) is 8.61. The molecule has 0 radical (unpaired) electrons. The van der Waals surface area contributed by atoms with Gasteiger partial charge >= 0.3 is 5.63 Å². The largest absolute Gasteiger partial charge is 0.508 e. The van der Waals surface area contributed by atoms with Crippen LogP contribution in [0.1, 0.15) is 23.1 Å². The van der Waals surface area contributed by atoms with Crippen LogP contribution >= 0.6 is 0 Å². The molecule has 6 heteroatoms. The van der Waals surface area contributed by atoms with Crippen molar-refractivity contribution in [3.05, 3.63) is 69.6 Å². The Morgan fingerprint density at radius 3 is 2.61 bits per heavy atom. The van der Waals surface area contributed by atoms with Crippen LogP contribution in [-0.2, 0) is 17.6 Å². The van der Waals surface area contributed by atoms with Crippen molar-refractivity contribution in [2.75, 3.05) is 13.7 Å². The summed E-state index contributed by atoms with van der Waals surface area (Å²) in [6, 6.07) is 12.4. The lowest BCUT2D eigenvalue weighted by Gasteiger charge is -2.09. The molecule has 0 spiro atoms. The van der Waals surface area contributed by atoms with Crippen LogP contribution in [0.3, 0.4) is 0 Å². The quantitative estimate of drug-likeness (QED) is 0.614. The Kier molecular flexibility index (Phi) is 5.99. The van der Waals surface area contributed by atoms with E-state index in [1.54, 1.807) is 19.2 Å². The number of aryl methyl sites for hydroxylation is 1. The molecular weight excluding hydrogens is 358 g/mol. The fraction of sp³-hybridized carbons (Fsp3) is 0.273. The number of fused-ring (bicyclic) bond motifs is 1. The molecule has 3 rings (SSSR count). The molecule has 0 aliphatic carbocycles. The number of phenols is 1. The summed E-state index contributed by atoms with van der Waals surface area (Å²) < 4.78 is 10.4. The molecule has 0 unspecified atom stereocenters. The van der Waals surface area contributed by atoms with Crippen LogP contribution in [0.5, 0.6) is 11.5 Å². The monoisotopic (exact) mass is 381 g/mol. The molecule has 1 aromatic heterocycles. The number of carbonyl (C=O) groups excluding carboxylic acids is 1. The van der Waals surface area contributed by atoms with Gasteiger partial charge < -0.3 is 19.6 Å². The maximum absolute atomic E-state index is 12.2. The molecule has 2 aromatic carbocycles. The smallest absolute Gasteiger partial charge is 0.339 e. The van der Waals surface area contributed by atoms with E-state index in [0.29, 0.717) is 24.1 Å². The molecule has 0 fully saturated rings. The van der Waals surface area contributed by atoms with Gasteiger partial charge in [0.2, 0.25) is 5.91 Å². The summed E-state index contributed by atoms with van der Waals surface area (Å²) in [5, 5.41) is 13.2. The first-order valence-electron chi connectivity index (χ1n) is 9.13. The standard InChI is InChI=1S/C22H23NO5/c1-14-18-8-5-16(24)13-20(18)28-22(26)19(14)9-10-21(25)23-12-11-15-3-6-17(27-2)7-4-15/h3-8,13,24H,9-12H2,1-2H3,(H,23,25). The number of hydrogen-bond acceptors (Lipinski definition) is 5. The van der Waals surface area contributed by atoms with Crippen LogP contribution in [0.25, 0.3) is 11.0 Å². The zero-order chi connectivity index (χ0) is 20.1. The van der Waals surface area contributed by atoms with Crippen LogP contribution in [-0.4, -0.2) is 24.7 Å². The van der Waals surface area contributed by atoms with Gasteiger partial charge in [-0.2, -0.15) is 0 Å². The molecule has 1 heterocycles. The summed E-state index contributed by atoms with van der Waals surface area (Å²) >= 11 is 0. The van der Waals surface area contributed by atoms with Gasteiger partial charge in [0.1, 0.15) is 17.1 Å². The number of benzene rings is 2. The number of rotatable bonds is 7. The Bertz CT molecular complexity index is 1040. The van der Waals surface area contributed by atoms with E-state index in [-0.39, 0.29) is 18.1 Å². The second-order valence-corrected chi connectivity index (χ2v) is 6.62. The number of phenolic OH excluding ortho intramolecular Hbond substituents is 1. The number of ether oxygens (including phenoxy) is 1. The first kappa shape index (κ1) is 19.5. The molecule has 0 bridgehead atoms. The summed E-state index contributed by atoms with van der Waals surface area (Å²) in [6.45, 7) is 2.35. The first-order chi connectivity index (χ1) is 13.5. The van der Waals surface area contributed by atoms with E-state index in [1.165, 1.54) is 6.07 Å². The molecule has 28 heavy (non-hydrogen) atoms. The van der Waals surface area contributed by atoms with E-state index < -0.39 is 5.63 Å². The maximum Gasteiger partial charge on any atom is 0.339 e. The van der Waals surface area contributed by atoms with Gasteiger partial charge in [-0.15, -0.1) is 0 Å². The molecule has 0 atom stereocenters. The highest BCUT2D eigenvalue weighted by atomic mass is 16.5. The number of methoxy groups -OCH3 is 1. The Labute approximate surface area is 162 Å². The zero-order valence-corrected chi connectivity index (χ0v) is 16.0. The Balaban J connectivity index is 1.56. The number of nitrogens with one attached hydrogen (secondary N) is 1. The molecule has 2 N–H and O–H groups in total. The molecule has 0 saturated carbocycles. The van der Waals surface area contributed by atoms with Gasteiger partial charge in [-0.1, -0.05) is 12.1 Å².